The summed E-state index contributed by atoms with van der Waals surface area (Å²) < 4.78 is 29.2. The van der Waals surface area contributed by atoms with Crippen LogP contribution in [0.4, 0.5) is 8.78 Å². The van der Waals surface area contributed by atoms with Crippen LogP contribution in [0.5, 0.6) is 5.75 Å². The molecule has 0 saturated carbocycles. The summed E-state index contributed by atoms with van der Waals surface area (Å²) in [7, 11) is 0. The van der Waals surface area contributed by atoms with Gasteiger partial charge < -0.3 is 10.1 Å². The number of hydrogen-bond donors (Lipinski definition) is 1. The molecule has 102 valence electrons. The van der Waals surface area contributed by atoms with Gasteiger partial charge in [0.25, 0.3) is 0 Å². The zero-order valence-electron chi connectivity index (χ0n) is 11.3. The highest BCUT2D eigenvalue weighted by molar-refractivity contribution is 5.35. The van der Waals surface area contributed by atoms with Crippen molar-refractivity contribution in [1.82, 2.24) is 5.32 Å². The number of hydrogen-bond acceptors (Lipinski definition) is 2. The second kappa shape index (κ2) is 6.69. The van der Waals surface area contributed by atoms with Crippen molar-refractivity contribution < 1.29 is 13.5 Å². The van der Waals surface area contributed by atoms with Gasteiger partial charge in [0.1, 0.15) is 5.75 Å². The van der Waals surface area contributed by atoms with Crippen LogP contribution in [0.1, 0.15) is 39.3 Å². The Balaban J connectivity index is 2.81. The van der Waals surface area contributed by atoms with Gasteiger partial charge in [0.15, 0.2) is 0 Å². The third kappa shape index (κ3) is 4.26. The van der Waals surface area contributed by atoms with E-state index in [1.807, 2.05) is 19.1 Å². The lowest BCUT2D eigenvalue weighted by Gasteiger charge is -2.24. The van der Waals surface area contributed by atoms with E-state index in [4.69, 9.17) is 0 Å². The van der Waals surface area contributed by atoms with Gasteiger partial charge >= 0.3 is 6.61 Å². The second-order valence-corrected chi connectivity index (χ2v) is 4.84. The lowest BCUT2D eigenvalue weighted by Crippen LogP contribution is -2.33. The molecule has 0 aliphatic carbocycles. The number of ether oxygens (including phenoxy) is 1. The van der Waals surface area contributed by atoms with E-state index in [0.717, 1.165) is 5.56 Å². The van der Waals surface area contributed by atoms with Crippen LogP contribution in [0.2, 0.25) is 0 Å². The maximum absolute atomic E-state index is 12.3. The predicted molar refractivity (Wildman–Crippen MR) is 68.9 cm³/mol. The van der Waals surface area contributed by atoms with Crippen LogP contribution in [-0.2, 0) is 0 Å². The van der Waals surface area contributed by atoms with Crippen molar-refractivity contribution in [3.63, 3.8) is 0 Å². The summed E-state index contributed by atoms with van der Waals surface area (Å²) in [6, 6.07) is 7.17. The minimum atomic E-state index is -2.79. The first-order chi connectivity index (χ1) is 8.41. The van der Waals surface area contributed by atoms with Crippen molar-refractivity contribution in [3.05, 3.63) is 29.8 Å². The van der Waals surface area contributed by atoms with Crippen LogP contribution >= 0.6 is 0 Å². The summed E-state index contributed by atoms with van der Waals surface area (Å²) >= 11 is 0. The van der Waals surface area contributed by atoms with Crippen LogP contribution in [-0.4, -0.2) is 12.7 Å². The van der Waals surface area contributed by atoms with Gasteiger partial charge in [-0.1, -0.05) is 32.0 Å². The molecule has 18 heavy (non-hydrogen) atoms. The van der Waals surface area contributed by atoms with E-state index in [1.54, 1.807) is 12.1 Å². The average Bonchev–Trinajstić information content (AvgIpc) is 2.28. The first-order valence-electron chi connectivity index (χ1n) is 6.21. The molecule has 0 bridgehead atoms. The van der Waals surface area contributed by atoms with Gasteiger partial charge in [-0.25, -0.2) is 0 Å². The SMILES string of the molecule is CC(NC(C)C(C)C)c1ccccc1OC(F)F. The van der Waals surface area contributed by atoms with E-state index >= 15 is 0 Å². The molecule has 2 nitrogen and oxygen atoms in total. The maximum Gasteiger partial charge on any atom is 0.387 e. The van der Waals surface area contributed by atoms with Gasteiger partial charge in [-0.15, -0.1) is 0 Å². The standard InChI is InChI=1S/C14H21F2NO/c1-9(2)10(3)17-11(4)12-7-5-6-8-13(12)18-14(15)16/h5-11,14,17H,1-4H3. The van der Waals surface area contributed by atoms with Crippen molar-refractivity contribution in [2.45, 2.75) is 46.4 Å². The Morgan fingerprint density at radius 1 is 1.06 bits per heavy atom. The molecule has 2 unspecified atom stereocenters. The minimum Gasteiger partial charge on any atom is -0.434 e. The molecule has 0 heterocycles. The van der Waals surface area contributed by atoms with Crippen LogP contribution in [0.15, 0.2) is 24.3 Å². The predicted octanol–water partition coefficient (Wildman–Crippen LogP) is 3.98. The number of nitrogens with one attached hydrogen (secondary N) is 1. The van der Waals surface area contributed by atoms with E-state index < -0.39 is 6.61 Å². The zero-order valence-corrected chi connectivity index (χ0v) is 11.3. The third-order valence-electron chi connectivity index (χ3n) is 3.11. The van der Waals surface area contributed by atoms with E-state index in [0.29, 0.717) is 12.0 Å². The monoisotopic (exact) mass is 257 g/mol. The van der Waals surface area contributed by atoms with E-state index in [9.17, 15) is 8.78 Å². The molecule has 0 aliphatic heterocycles. The quantitative estimate of drug-likeness (QED) is 0.832. The van der Waals surface area contributed by atoms with Crippen LogP contribution < -0.4 is 10.1 Å². The van der Waals surface area contributed by atoms with Gasteiger partial charge in [-0.2, -0.15) is 8.78 Å². The summed E-state index contributed by atoms with van der Waals surface area (Å²) in [5.74, 6) is 0.721. The van der Waals surface area contributed by atoms with Crippen LogP contribution in [0.3, 0.4) is 0 Å². The lowest BCUT2D eigenvalue weighted by molar-refractivity contribution is -0.0507. The molecule has 1 aromatic carbocycles. The van der Waals surface area contributed by atoms with Crippen molar-refractivity contribution in [2.75, 3.05) is 0 Å². The van der Waals surface area contributed by atoms with Crippen molar-refractivity contribution >= 4 is 0 Å². The van der Waals surface area contributed by atoms with Gasteiger partial charge in [0, 0.05) is 17.6 Å². The Hall–Kier alpha value is -1.16. The van der Waals surface area contributed by atoms with E-state index in [-0.39, 0.29) is 11.8 Å². The number of benzene rings is 1. The van der Waals surface area contributed by atoms with Gasteiger partial charge in [0.2, 0.25) is 0 Å². The van der Waals surface area contributed by atoms with Crippen molar-refractivity contribution in [2.24, 2.45) is 5.92 Å². The Bertz CT molecular complexity index is 369. The fourth-order valence-electron chi connectivity index (χ4n) is 1.72. The minimum absolute atomic E-state index is 0.0302. The molecule has 0 fully saturated rings. The first-order valence-corrected chi connectivity index (χ1v) is 6.21. The molecule has 0 radical (unpaired) electrons. The molecule has 0 spiro atoms. The van der Waals surface area contributed by atoms with E-state index in [1.165, 1.54) is 0 Å². The number of para-hydroxylation sites is 1. The highest BCUT2D eigenvalue weighted by Crippen LogP contribution is 2.26. The first kappa shape index (κ1) is 14.9. The smallest absolute Gasteiger partial charge is 0.387 e. The van der Waals surface area contributed by atoms with Gasteiger partial charge in [0.05, 0.1) is 0 Å². The number of halogens is 2. The summed E-state index contributed by atoms with van der Waals surface area (Å²) in [6.45, 7) is 5.48. The Kier molecular flexibility index (Phi) is 5.54. The third-order valence-corrected chi connectivity index (χ3v) is 3.11. The van der Waals surface area contributed by atoms with E-state index in [2.05, 4.69) is 30.8 Å². The van der Waals surface area contributed by atoms with Gasteiger partial charge in [-0.3, -0.25) is 0 Å². The molecule has 0 aliphatic rings. The lowest BCUT2D eigenvalue weighted by atomic mass is 10.0. The summed E-state index contributed by atoms with van der Waals surface area (Å²) in [5, 5.41) is 3.38. The Morgan fingerprint density at radius 3 is 2.22 bits per heavy atom. The molecule has 0 amide bonds. The summed E-state index contributed by atoms with van der Waals surface area (Å²) in [4.78, 5) is 0. The number of alkyl halides is 2. The molecule has 1 N–H and O–H groups in total. The normalized spacial score (nSPS) is 14.9. The molecule has 0 aromatic heterocycles. The Labute approximate surface area is 107 Å². The molecule has 1 rings (SSSR count). The van der Waals surface area contributed by atoms with Crippen molar-refractivity contribution in [1.29, 1.82) is 0 Å². The largest absolute Gasteiger partial charge is 0.434 e. The number of rotatable bonds is 6. The fraction of sp³-hybridized carbons (Fsp3) is 0.571. The maximum atomic E-state index is 12.3. The van der Waals surface area contributed by atoms with Crippen molar-refractivity contribution in [3.8, 4) is 5.75 Å². The second-order valence-electron chi connectivity index (χ2n) is 4.84. The topological polar surface area (TPSA) is 21.3 Å². The molecule has 0 saturated heterocycles. The summed E-state index contributed by atoms with van der Waals surface area (Å²) in [5.41, 5.74) is 0.755. The zero-order chi connectivity index (χ0) is 13.7. The average molecular weight is 257 g/mol. The highest BCUT2D eigenvalue weighted by atomic mass is 19.3. The molecule has 2 atom stereocenters. The Morgan fingerprint density at radius 2 is 1.67 bits per heavy atom. The van der Waals surface area contributed by atoms with Crippen LogP contribution in [0, 0.1) is 5.92 Å². The molecular weight excluding hydrogens is 236 g/mol. The molecule has 4 heteroatoms. The summed E-state index contributed by atoms with van der Waals surface area (Å²) in [6.07, 6.45) is 0. The van der Waals surface area contributed by atoms with Crippen LogP contribution in [0.25, 0.3) is 0 Å². The highest BCUT2D eigenvalue weighted by Gasteiger charge is 2.17. The fourth-order valence-corrected chi connectivity index (χ4v) is 1.72. The molecule has 1 aromatic rings. The molecular formula is C14H21F2NO. The van der Waals surface area contributed by atoms with Gasteiger partial charge in [-0.05, 0) is 25.8 Å².